The molecule has 1 nitrogen and oxygen atoms in total. The summed E-state index contributed by atoms with van der Waals surface area (Å²) in [5.74, 6) is 0. The highest BCUT2D eigenvalue weighted by atomic mass is 16.3. The number of hydrogen-bond donors (Lipinski definition) is 0. The van der Waals surface area contributed by atoms with E-state index in [0.29, 0.717) is 0 Å². The molecule has 1 aliphatic rings. The Morgan fingerprint density at radius 2 is 1.62 bits per heavy atom. The summed E-state index contributed by atoms with van der Waals surface area (Å²) in [6.07, 6.45) is 6.93. The van der Waals surface area contributed by atoms with Gasteiger partial charge >= 0.3 is 0 Å². The zero-order valence-electron chi connectivity index (χ0n) is 11.6. The van der Waals surface area contributed by atoms with Gasteiger partial charge in [-0.15, -0.1) is 0 Å². The SMILES string of the molecule is C1=c2ccc3ccc4c5ccccc5oc4c3c2=CCC1. The van der Waals surface area contributed by atoms with Crippen molar-refractivity contribution in [1.82, 2.24) is 0 Å². The second-order valence-corrected chi connectivity index (χ2v) is 5.69. The standard InChI is InChI=1S/C20H14O/c1-2-6-15-13(5-1)9-10-14-11-12-17-16-7-3-4-8-18(16)21-20(17)19(14)15/h3-12H,1-2H2. The Bertz CT molecular complexity index is 1130. The Hall–Kier alpha value is -2.54. The lowest BCUT2D eigenvalue weighted by Crippen LogP contribution is -2.27. The van der Waals surface area contributed by atoms with Crippen LogP contribution in [0.2, 0.25) is 0 Å². The molecule has 1 aromatic heterocycles. The van der Waals surface area contributed by atoms with Crippen LogP contribution in [0, 0.1) is 0 Å². The van der Waals surface area contributed by atoms with E-state index in [2.05, 4.69) is 48.6 Å². The van der Waals surface area contributed by atoms with Gasteiger partial charge in [0, 0.05) is 16.2 Å². The molecule has 0 bridgehead atoms. The highest BCUT2D eigenvalue weighted by molar-refractivity contribution is 6.15. The maximum Gasteiger partial charge on any atom is 0.143 e. The van der Waals surface area contributed by atoms with Crippen LogP contribution >= 0.6 is 0 Å². The summed E-state index contributed by atoms with van der Waals surface area (Å²) in [4.78, 5) is 0. The molecule has 0 unspecified atom stereocenters. The van der Waals surface area contributed by atoms with E-state index in [0.717, 1.165) is 24.0 Å². The van der Waals surface area contributed by atoms with Crippen LogP contribution in [0.15, 0.2) is 52.9 Å². The van der Waals surface area contributed by atoms with Gasteiger partial charge in [-0.05, 0) is 40.8 Å². The van der Waals surface area contributed by atoms with Gasteiger partial charge in [-0.25, -0.2) is 0 Å². The highest BCUT2D eigenvalue weighted by Gasteiger charge is 2.11. The van der Waals surface area contributed by atoms with Gasteiger partial charge in [0.1, 0.15) is 11.2 Å². The summed E-state index contributed by atoms with van der Waals surface area (Å²) in [5, 5.41) is 7.60. The third-order valence-electron chi connectivity index (χ3n) is 4.48. The van der Waals surface area contributed by atoms with E-state index in [1.54, 1.807) is 0 Å². The fourth-order valence-corrected chi connectivity index (χ4v) is 3.50. The summed E-state index contributed by atoms with van der Waals surface area (Å²) in [6.45, 7) is 0. The molecule has 0 saturated carbocycles. The van der Waals surface area contributed by atoms with Crippen molar-refractivity contribution in [3.8, 4) is 0 Å². The maximum atomic E-state index is 6.20. The van der Waals surface area contributed by atoms with E-state index in [9.17, 15) is 0 Å². The molecule has 100 valence electrons. The molecular formula is C20H14O. The second kappa shape index (κ2) is 3.98. The van der Waals surface area contributed by atoms with Crippen LogP contribution < -0.4 is 10.4 Å². The number of rotatable bonds is 0. The molecule has 1 heteroatoms. The van der Waals surface area contributed by atoms with Gasteiger partial charge in [0.15, 0.2) is 0 Å². The van der Waals surface area contributed by atoms with Crippen molar-refractivity contribution in [2.45, 2.75) is 12.8 Å². The first-order valence-electron chi connectivity index (χ1n) is 7.45. The topological polar surface area (TPSA) is 13.1 Å². The minimum Gasteiger partial charge on any atom is -0.455 e. The minimum absolute atomic E-state index is 0.970. The minimum atomic E-state index is 0.970. The van der Waals surface area contributed by atoms with Gasteiger partial charge in [0.2, 0.25) is 0 Å². The average molecular weight is 270 g/mol. The molecule has 21 heavy (non-hydrogen) atoms. The Morgan fingerprint density at radius 3 is 2.62 bits per heavy atom. The average Bonchev–Trinajstić information content (AvgIpc) is 2.93. The molecule has 3 aromatic carbocycles. The summed E-state index contributed by atoms with van der Waals surface area (Å²) >= 11 is 0. The lowest BCUT2D eigenvalue weighted by molar-refractivity contribution is 0.672. The molecule has 1 heterocycles. The molecule has 0 atom stereocenters. The van der Waals surface area contributed by atoms with Gasteiger partial charge in [-0.2, -0.15) is 0 Å². The first-order chi connectivity index (χ1) is 10.4. The summed E-state index contributed by atoms with van der Waals surface area (Å²) in [5.41, 5.74) is 1.99. The molecule has 0 radical (unpaired) electrons. The zero-order valence-corrected chi connectivity index (χ0v) is 11.6. The van der Waals surface area contributed by atoms with Crippen molar-refractivity contribution < 1.29 is 4.42 Å². The lowest BCUT2D eigenvalue weighted by Gasteiger charge is -2.05. The second-order valence-electron chi connectivity index (χ2n) is 5.69. The Labute approximate surface area is 121 Å². The van der Waals surface area contributed by atoms with E-state index >= 15 is 0 Å². The maximum absolute atomic E-state index is 6.20. The van der Waals surface area contributed by atoms with Crippen LogP contribution in [-0.2, 0) is 0 Å². The largest absolute Gasteiger partial charge is 0.455 e. The Kier molecular flexibility index (Phi) is 2.12. The molecule has 0 amide bonds. The number of furan rings is 1. The van der Waals surface area contributed by atoms with Crippen LogP contribution in [0.1, 0.15) is 12.8 Å². The molecule has 0 N–H and O–H groups in total. The molecular weight excluding hydrogens is 256 g/mol. The Morgan fingerprint density at radius 1 is 0.762 bits per heavy atom. The van der Waals surface area contributed by atoms with Gasteiger partial charge < -0.3 is 4.42 Å². The van der Waals surface area contributed by atoms with E-state index in [1.165, 1.54) is 32.0 Å². The molecule has 0 saturated heterocycles. The predicted molar refractivity (Wildman–Crippen MR) is 88.6 cm³/mol. The number of benzene rings is 3. The molecule has 0 fully saturated rings. The number of fused-ring (bicyclic) bond motifs is 7. The van der Waals surface area contributed by atoms with Crippen molar-refractivity contribution in [3.05, 3.63) is 59.0 Å². The van der Waals surface area contributed by atoms with Crippen molar-refractivity contribution >= 4 is 44.9 Å². The number of hydrogen-bond acceptors (Lipinski definition) is 1. The quantitative estimate of drug-likeness (QED) is 0.469. The van der Waals surface area contributed by atoms with Crippen LogP contribution in [0.25, 0.3) is 44.9 Å². The normalized spacial score (nSPS) is 14.1. The van der Waals surface area contributed by atoms with Crippen LogP contribution in [0.3, 0.4) is 0 Å². The van der Waals surface area contributed by atoms with E-state index < -0.39 is 0 Å². The fraction of sp³-hybridized carbons (Fsp3) is 0.100. The van der Waals surface area contributed by atoms with Crippen molar-refractivity contribution in [2.24, 2.45) is 0 Å². The summed E-state index contributed by atoms with van der Waals surface area (Å²) in [7, 11) is 0. The molecule has 4 aromatic rings. The van der Waals surface area contributed by atoms with Crippen molar-refractivity contribution in [3.63, 3.8) is 0 Å². The first-order valence-corrected chi connectivity index (χ1v) is 7.45. The van der Waals surface area contributed by atoms with Crippen LogP contribution in [-0.4, -0.2) is 0 Å². The smallest absolute Gasteiger partial charge is 0.143 e. The van der Waals surface area contributed by atoms with Gasteiger partial charge in [-0.3, -0.25) is 0 Å². The monoisotopic (exact) mass is 270 g/mol. The van der Waals surface area contributed by atoms with Crippen LogP contribution in [0.4, 0.5) is 0 Å². The predicted octanol–water partition coefficient (Wildman–Crippen LogP) is 4.09. The van der Waals surface area contributed by atoms with Crippen LogP contribution in [0.5, 0.6) is 0 Å². The summed E-state index contributed by atoms with van der Waals surface area (Å²) in [6, 6.07) is 17.1. The molecule has 5 rings (SSSR count). The third kappa shape index (κ3) is 1.46. The lowest BCUT2D eigenvalue weighted by atomic mass is 9.99. The Balaban J connectivity index is 2.14. The van der Waals surface area contributed by atoms with Crippen molar-refractivity contribution in [2.75, 3.05) is 0 Å². The zero-order chi connectivity index (χ0) is 13.8. The fourth-order valence-electron chi connectivity index (χ4n) is 3.50. The summed E-state index contributed by atoms with van der Waals surface area (Å²) < 4.78 is 6.20. The third-order valence-corrected chi connectivity index (χ3v) is 4.48. The van der Waals surface area contributed by atoms with Gasteiger partial charge in [0.25, 0.3) is 0 Å². The van der Waals surface area contributed by atoms with Gasteiger partial charge in [-0.1, -0.05) is 48.6 Å². The first kappa shape index (κ1) is 11.2. The van der Waals surface area contributed by atoms with Crippen molar-refractivity contribution in [1.29, 1.82) is 0 Å². The van der Waals surface area contributed by atoms with E-state index in [-0.39, 0.29) is 0 Å². The number of para-hydroxylation sites is 1. The molecule has 1 aliphatic carbocycles. The van der Waals surface area contributed by atoms with E-state index in [1.807, 2.05) is 12.1 Å². The van der Waals surface area contributed by atoms with Gasteiger partial charge in [0.05, 0.1) is 0 Å². The highest BCUT2D eigenvalue weighted by Crippen LogP contribution is 2.32. The molecule has 0 spiro atoms. The molecule has 0 aliphatic heterocycles. The van der Waals surface area contributed by atoms with E-state index in [4.69, 9.17) is 4.42 Å².